The van der Waals surface area contributed by atoms with Crippen LogP contribution in [0.25, 0.3) is 0 Å². The predicted octanol–water partition coefficient (Wildman–Crippen LogP) is 3.01. The topological polar surface area (TPSA) is 119 Å². The molecule has 0 aliphatic carbocycles. The van der Waals surface area contributed by atoms with Crippen LogP contribution >= 0.6 is 0 Å². The average Bonchev–Trinajstić information content (AvgIpc) is 2.83. The first-order valence-corrected chi connectivity index (χ1v) is 11.6. The van der Waals surface area contributed by atoms with Gasteiger partial charge >= 0.3 is 5.97 Å². The highest BCUT2D eigenvalue weighted by Crippen LogP contribution is 2.23. The van der Waals surface area contributed by atoms with E-state index in [0.29, 0.717) is 5.56 Å². The van der Waals surface area contributed by atoms with Gasteiger partial charge in [0.25, 0.3) is 15.9 Å². The molecule has 0 aliphatic rings. The Kier molecular flexibility index (Phi) is 7.57. The summed E-state index contributed by atoms with van der Waals surface area (Å²) in [6.07, 6.45) is 0. The van der Waals surface area contributed by atoms with Crippen LogP contribution in [0.15, 0.2) is 83.8 Å². The molecule has 0 spiro atoms. The molecule has 3 aromatic carbocycles. The summed E-state index contributed by atoms with van der Waals surface area (Å²) >= 11 is 0. The number of esters is 1. The average molecular weight is 467 g/mol. The molecule has 33 heavy (non-hydrogen) atoms. The summed E-state index contributed by atoms with van der Waals surface area (Å²) < 4.78 is 33.0. The van der Waals surface area contributed by atoms with Crippen molar-refractivity contribution >= 4 is 33.4 Å². The normalized spacial score (nSPS) is 10.8. The smallest absolute Gasteiger partial charge is 0.325 e. The van der Waals surface area contributed by atoms with E-state index in [1.54, 1.807) is 55.5 Å². The molecule has 2 N–H and O–H groups in total. The van der Waals surface area contributed by atoms with Crippen molar-refractivity contribution in [1.82, 2.24) is 5.32 Å². The van der Waals surface area contributed by atoms with Crippen LogP contribution in [0.5, 0.6) is 0 Å². The number of nitrogens with one attached hydrogen (secondary N) is 2. The Bertz CT molecular complexity index is 1260. The predicted molar refractivity (Wildman–Crippen MR) is 123 cm³/mol. The number of benzene rings is 3. The van der Waals surface area contributed by atoms with E-state index in [2.05, 4.69) is 10.0 Å². The van der Waals surface area contributed by atoms with Crippen molar-refractivity contribution in [3.05, 3.63) is 95.6 Å². The van der Waals surface area contributed by atoms with E-state index in [4.69, 9.17) is 4.74 Å². The minimum Gasteiger partial charge on any atom is -0.465 e. The summed E-state index contributed by atoms with van der Waals surface area (Å²) in [4.78, 5) is 36.2. The van der Waals surface area contributed by atoms with E-state index in [1.807, 2.05) is 0 Å². The van der Waals surface area contributed by atoms with Gasteiger partial charge in [-0.2, -0.15) is 0 Å². The lowest BCUT2D eigenvalue weighted by Gasteiger charge is -2.12. The Morgan fingerprint density at radius 3 is 2.12 bits per heavy atom. The zero-order valence-electron chi connectivity index (χ0n) is 17.8. The van der Waals surface area contributed by atoms with Gasteiger partial charge in [-0.25, -0.2) is 8.42 Å². The fraction of sp³-hybridized carbons (Fsp3) is 0.125. The van der Waals surface area contributed by atoms with E-state index in [-0.39, 0.29) is 40.6 Å². The third kappa shape index (κ3) is 6.05. The minimum absolute atomic E-state index is 0.0913. The molecule has 0 aliphatic heterocycles. The second-order valence-electron chi connectivity index (χ2n) is 6.86. The zero-order valence-corrected chi connectivity index (χ0v) is 18.6. The van der Waals surface area contributed by atoms with Gasteiger partial charge in [0.15, 0.2) is 5.78 Å². The quantitative estimate of drug-likeness (QED) is 0.370. The summed E-state index contributed by atoms with van der Waals surface area (Å²) in [6, 6.07) is 20.1. The van der Waals surface area contributed by atoms with Crippen molar-refractivity contribution in [3.8, 4) is 0 Å². The maximum Gasteiger partial charge on any atom is 0.325 e. The molecule has 3 rings (SSSR count). The Hall–Kier alpha value is -3.98. The highest BCUT2D eigenvalue weighted by molar-refractivity contribution is 7.92. The van der Waals surface area contributed by atoms with E-state index >= 15 is 0 Å². The zero-order chi connectivity index (χ0) is 23.8. The van der Waals surface area contributed by atoms with Crippen molar-refractivity contribution in [1.29, 1.82) is 0 Å². The molecule has 8 nitrogen and oxygen atoms in total. The number of hydrogen-bond acceptors (Lipinski definition) is 6. The molecule has 0 radical (unpaired) electrons. The highest BCUT2D eigenvalue weighted by atomic mass is 32.2. The van der Waals surface area contributed by atoms with Gasteiger partial charge in [-0.15, -0.1) is 0 Å². The van der Waals surface area contributed by atoms with Gasteiger partial charge in [0, 0.05) is 16.7 Å². The molecule has 9 heteroatoms. The Labute approximate surface area is 191 Å². The molecule has 170 valence electrons. The number of hydrogen-bond donors (Lipinski definition) is 2. The molecule has 3 aromatic rings. The number of carbonyl (C=O) groups excluding carboxylic acids is 3. The molecular weight excluding hydrogens is 444 g/mol. The number of ketones is 1. The van der Waals surface area contributed by atoms with Gasteiger partial charge in [-0.05, 0) is 43.3 Å². The van der Waals surface area contributed by atoms with Crippen LogP contribution < -0.4 is 10.0 Å². The van der Waals surface area contributed by atoms with Crippen LogP contribution in [-0.2, 0) is 19.6 Å². The van der Waals surface area contributed by atoms with Crippen molar-refractivity contribution < 1.29 is 27.5 Å². The molecule has 0 atom stereocenters. The summed E-state index contributed by atoms with van der Waals surface area (Å²) in [6.45, 7) is 1.57. The van der Waals surface area contributed by atoms with Crippen LogP contribution in [0, 0.1) is 0 Å². The fourth-order valence-corrected chi connectivity index (χ4v) is 4.05. The molecule has 0 bridgehead atoms. The van der Waals surface area contributed by atoms with Crippen LogP contribution in [0.4, 0.5) is 5.69 Å². The lowest BCUT2D eigenvalue weighted by Crippen LogP contribution is -2.30. The van der Waals surface area contributed by atoms with Gasteiger partial charge < -0.3 is 10.1 Å². The number of rotatable bonds is 9. The number of anilines is 1. The summed E-state index contributed by atoms with van der Waals surface area (Å²) in [7, 11) is -4.04. The molecule has 0 aromatic heterocycles. The number of ether oxygens (including phenoxy) is 1. The first-order chi connectivity index (χ1) is 15.8. The Morgan fingerprint density at radius 2 is 1.45 bits per heavy atom. The molecular formula is C24H22N2O6S. The summed E-state index contributed by atoms with van der Waals surface area (Å²) in [5.41, 5.74) is 0.963. The van der Waals surface area contributed by atoms with E-state index in [9.17, 15) is 22.8 Å². The van der Waals surface area contributed by atoms with Gasteiger partial charge in [0.1, 0.15) is 6.54 Å². The second kappa shape index (κ2) is 10.6. The molecule has 0 unspecified atom stereocenters. The number of carbonyl (C=O) groups is 3. The maximum absolute atomic E-state index is 12.9. The number of para-hydroxylation sites is 1. The van der Waals surface area contributed by atoms with E-state index < -0.39 is 21.9 Å². The van der Waals surface area contributed by atoms with E-state index in [1.165, 1.54) is 30.3 Å². The van der Waals surface area contributed by atoms with Gasteiger partial charge in [-0.1, -0.05) is 42.5 Å². The van der Waals surface area contributed by atoms with Crippen LogP contribution in [0.2, 0.25) is 0 Å². The van der Waals surface area contributed by atoms with Crippen molar-refractivity contribution in [3.63, 3.8) is 0 Å². The minimum atomic E-state index is -4.04. The van der Waals surface area contributed by atoms with E-state index in [0.717, 1.165) is 0 Å². The largest absolute Gasteiger partial charge is 0.465 e. The Morgan fingerprint density at radius 1 is 0.818 bits per heavy atom. The summed E-state index contributed by atoms with van der Waals surface area (Å²) in [5, 5.41) is 2.40. The molecule has 0 fully saturated rings. The van der Waals surface area contributed by atoms with Crippen molar-refractivity contribution in [2.24, 2.45) is 0 Å². The van der Waals surface area contributed by atoms with Gasteiger partial charge in [0.05, 0.1) is 17.2 Å². The third-order valence-electron chi connectivity index (χ3n) is 4.58. The molecule has 0 saturated carbocycles. The van der Waals surface area contributed by atoms with Crippen LogP contribution in [0.3, 0.4) is 0 Å². The fourth-order valence-electron chi connectivity index (χ4n) is 2.97. The molecule has 0 heterocycles. The Balaban J connectivity index is 1.76. The first-order valence-electron chi connectivity index (χ1n) is 10.1. The maximum atomic E-state index is 12.9. The first kappa shape index (κ1) is 23.7. The highest BCUT2D eigenvalue weighted by Gasteiger charge is 2.20. The van der Waals surface area contributed by atoms with Crippen molar-refractivity contribution in [2.45, 2.75) is 11.8 Å². The number of amides is 1. The molecule has 1 amide bonds. The summed E-state index contributed by atoms with van der Waals surface area (Å²) in [5.74, 6) is -1.43. The number of sulfonamides is 1. The monoisotopic (exact) mass is 466 g/mol. The second-order valence-corrected chi connectivity index (χ2v) is 8.54. The third-order valence-corrected chi connectivity index (χ3v) is 5.96. The van der Waals surface area contributed by atoms with Gasteiger partial charge in [-0.3, -0.25) is 19.1 Å². The van der Waals surface area contributed by atoms with Crippen molar-refractivity contribution in [2.75, 3.05) is 17.9 Å². The van der Waals surface area contributed by atoms with Crippen LogP contribution in [-0.4, -0.2) is 39.2 Å². The SMILES string of the molecule is CCOC(=O)CNC(=O)c1ccc(S(=O)(=O)Nc2ccccc2C(=O)c2ccccc2)cc1. The van der Waals surface area contributed by atoms with Gasteiger partial charge in [0.2, 0.25) is 0 Å². The molecule has 0 saturated heterocycles. The van der Waals surface area contributed by atoms with Crippen LogP contribution in [0.1, 0.15) is 33.2 Å². The standard InChI is InChI=1S/C24H22N2O6S/c1-2-32-22(27)16-25-24(29)18-12-14-19(15-13-18)33(30,31)26-21-11-7-6-10-20(21)23(28)17-8-4-3-5-9-17/h3-15,26H,2,16H2,1H3,(H,25,29). The lowest BCUT2D eigenvalue weighted by molar-refractivity contribution is -0.141. The lowest BCUT2D eigenvalue weighted by atomic mass is 10.0.